The van der Waals surface area contributed by atoms with Gasteiger partial charge in [-0.3, -0.25) is 0 Å². The molecular formula is C15H26N4OS. The van der Waals surface area contributed by atoms with Crippen LogP contribution in [0.25, 0.3) is 0 Å². The van der Waals surface area contributed by atoms with Crippen LogP contribution < -0.4 is 5.73 Å². The monoisotopic (exact) mass is 310 g/mol. The first-order valence-corrected chi connectivity index (χ1v) is 8.77. The van der Waals surface area contributed by atoms with Gasteiger partial charge in [-0.2, -0.15) is 0 Å². The zero-order valence-corrected chi connectivity index (χ0v) is 13.9. The second-order valence-corrected chi connectivity index (χ2v) is 8.65. The molecule has 2 saturated carbocycles. The Labute approximate surface area is 130 Å². The lowest BCUT2D eigenvalue weighted by Crippen LogP contribution is -2.45. The average Bonchev–Trinajstić information content (AvgIpc) is 3.32. The van der Waals surface area contributed by atoms with Crippen molar-refractivity contribution in [2.24, 2.45) is 11.1 Å². The van der Waals surface area contributed by atoms with Gasteiger partial charge in [-0.05, 0) is 31.1 Å². The van der Waals surface area contributed by atoms with Crippen LogP contribution in [0.1, 0.15) is 64.2 Å². The van der Waals surface area contributed by atoms with Crippen LogP contribution in [0.15, 0.2) is 5.16 Å². The molecular weight excluding hydrogens is 284 g/mol. The normalized spacial score (nSPS) is 22.3. The van der Waals surface area contributed by atoms with E-state index in [1.807, 2.05) is 0 Å². The number of thioether (sulfide) groups is 1. The van der Waals surface area contributed by atoms with Gasteiger partial charge in [0.25, 0.3) is 0 Å². The number of aliphatic hydroxyl groups is 1. The SMILES string of the molecule is CC(C)(C)C(N)C(CO)Sc1nnc(C2CC2)n1C1CC1. The highest BCUT2D eigenvalue weighted by atomic mass is 32.2. The van der Waals surface area contributed by atoms with E-state index in [9.17, 15) is 5.11 Å². The largest absolute Gasteiger partial charge is 0.395 e. The maximum atomic E-state index is 9.74. The van der Waals surface area contributed by atoms with Crippen LogP contribution in [0.5, 0.6) is 0 Å². The fraction of sp³-hybridized carbons (Fsp3) is 0.867. The maximum Gasteiger partial charge on any atom is 0.191 e. The minimum atomic E-state index is -0.0822. The summed E-state index contributed by atoms with van der Waals surface area (Å²) >= 11 is 1.60. The molecule has 1 aromatic rings. The van der Waals surface area contributed by atoms with E-state index in [0.29, 0.717) is 12.0 Å². The Morgan fingerprint density at radius 1 is 1.29 bits per heavy atom. The number of aliphatic hydroxyl groups excluding tert-OH is 1. The molecule has 6 heteroatoms. The molecule has 2 aliphatic carbocycles. The van der Waals surface area contributed by atoms with Crippen molar-refractivity contribution in [1.29, 1.82) is 0 Å². The highest BCUT2D eigenvalue weighted by Gasteiger charge is 2.38. The number of hydrogen-bond donors (Lipinski definition) is 2. The van der Waals surface area contributed by atoms with Crippen molar-refractivity contribution < 1.29 is 5.11 Å². The molecule has 21 heavy (non-hydrogen) atoms. The molecule has 2 atom stereocenters. The van der Waals surface area contributed by atoms with Gasteiger partial charge in [0.2, 0.25) is 0 Å². The van der Waals surface area contributed by atoms with Crippen LogP contribution in [0.3, 0.4) is 0 Å². The fourth-order valence-electron chi connectivity index (χ4n) is 2.58. The van der Waals surface area contributed by atoms with Crippen molar-refractivity contribution in [3.63, 3.8) is 0 Å². The van der Waals surface area contributed by atoms with Gasteiger partial charge in [-0.25, -0.2) is 0 Å². The maximum absolute atomic E-state index is 9.74. The molecule has 0 aliphatic heterocycles. The Morgan fingerprint density at radius 2 is 1.95 bits per heavy atom. The van der Waals surface area contributed by atoms with Crippen LogP contribution in [-0.2, 0) is 0 Å². The van der Waals surface area contributed by atoms with Gasteiger partial charge in [-0.1, -0.05) is 32.5 Å². The summed E-state index contributed by atoms with van der Waals surface area (Å²) in [6.45, 7) is 6.41. The van der Waals surface area contributed by atoms with Crippen molar-refractivity contribution in [3.05, 3.63) is 5.82 Å². The Kier molecular flexibility index (Phi) is 4.05. The molecule has 0 aromatic carbocycles. The topological polar surface area (TPSA) is 77.0 Å². The molecule has 2 unspecified atom stereocenters. The summed E-state index contributed by atoms with van der Waals surface area (Å²) in [5.74, 6) is 1.76. The van der Waals surface area contributed by atoms with Crippen LogP contribution in [0.4, 0.5) is 0 Å². The summed E-state index contributed by atoms with van der Waals surface area (Å²) in [7, 11) is 0. The lowest BCUT2D eigenvalue weighted by Gasteiger charge is -2.32. The molecule has 1 heterocycles. The second-order valence-electron chi connectivity index (χ2n) is 7.45. The Bertz CT molecular complexity index is 502. The highest BCUT2D eigenvalue weighted by molar-refractivity contribution is 7.99. The van der Waals surface area contributed by atoms with Crippen LogP contribution in [0.2, 0.25) is 0 Å². The minimum absolute atomic E-state index is 0.0375. The zero-order chi connectivity index (χ0) is 15.2. The first kappa shape index (κ1) is 15.3. The van der Waals surface area contributed by atoms with E-state index in [-0.39, 0.29) is 23.3 Å². The van der Waals surface area contributed by atoms with Gasteiger partial charge in [0, 0.05) is 18.0 Å². The molecule has 0 saturated heterocycles. The summed E-state index contributed by atoms with van der Waals surface area (Å²) < 4.78 is 2.32. The van der Waals surface area contributed by atoms with Crippen molar-refractivity contribution in [2.75, 3.05) is 6.61 Å². The average molecular weight is 310 g/mol. The first-order chi connectivity index (χ1) is 9.91. The van der Waals surface area contributed by atoms with Crippen LogP contribution in [-0.4, -0.2) is 37.8 Å². The molecule has 118 valence electrons. The van der Waals surface area contributed by atoms with Gasteiger partial charge in [0.05, 0.1) is 11.9 Å². The first-order valence-electron chi connectivity index (χ1n) is 7.89. The molecule has 0 amide bonds. The van der Waals surface area contributed by atoms with Gasteiger partial charge in [0.15, 0.2) is 5.16 Å². The Morgan fingerprint density at radius 3 is 2.43 bits per heavy atom. The molecule has 3 N–H and O–H groups in total. The zero-order valence-electron chi connectivity index (χ0n) is 13.1. The van der Waals surface area contributed by atoms with E-state index in [1.165, 1.54) is 25.7 Å². The number of nitrogens with zero attached hydrogens (tertiary/aromatic N) is 3. The number of aromatic nitrogens is 3. The lowest BCUT2D eigenvalue weighted by atomic mass is 9.85. The Balaban J connectivity index is 1.80. The molecule has 2 fully saturated rings. The van der Waals surface area contributed by atoms with E-state index in [2.05, 4.69) is 35.5 Å². The third-order valence-electron chi connectivity index (χ3n) is 4.38. The van der Waals surface area contributed by atoms with Gasteiger partial charge < -0.3 is 15.4 Å². The van der Waals surface area contributed by atoms with Gasteiger partial charge >= 0.3 is 0 Å². The standard InChI is InChI=1S/C15H26N4OS/c1-15(2,3)12(16)11(8-20)21-14-18-17-13(9-4-5-9)19(14)10-6-7-10/h9-12,20H,4-8,16H2,1-3H3. The summed E-state index contributed by atoms with van der Waals surface area (Å²) in [6.07, 6.45) is 4.92. The molecule has 3 rings (SSSR count). The lowest BCUT2D eigenvalue weighted by molar-refractivity contribution is 0.232. The quantitative estimate of drug-likeness (QED) is 0.789. The third kappa shape index (κ3) is 3.27. The summed E-state index contributed by atoms with van der Waals surface area (Å²) in [5, 5.41) is 19.5. The van der Waals surface area contributed by atoms with E-state index in [4.69, 9.17) is 5.73 Å². The third-order valence-corrected chi connectivity index (χ3v) is 5.62. The van der Waals surface area contributed by atoms with Crippen molar-refractivity contribution in [2.45, 2.75) is 74.9 Å². The molecule has 0 bridgehead atoms. The second kappa shape index (κ2) is 5.56. The fourth-order valence-corrected chi connectivity index (χ4v) is 3.93. The number of rotatable bonds is 6. The summed E-state index contributed by atoms with van der Waals surface area (Å²) in [4.78, 5) is 0. The molecule has 1 aromatic heterocycles. The smallest absolute Gasteiger partial charge is 0.191 e. The van der Waals surface area contributed by atoms with Crippen molar-refractivity contribution in [1.82, 2.24) is 14.8 Å². The van der Waals surface area contributed by atoms with Crippen LogP contribution >= 0.6 is 11.8 Å². The van der Waals surface area contributed by atoms with E-state index >= 15 is 0 Å². The molecule has 2 aliphatic rings. The molecule has 0 spiro atoms. The predicted octanol–water partition coefficient (Wildman–Crippen LogP) is 2.32. The summed E-state index contributed by atoms with van der Waals surface area (Å²) in [5.41, 5.74) is 6.30. The Hall–Kier alpha value is -0.590. The van der Waals surface area contributed by atoms with Gasteiger partial charge in [0.1, 0.15) is 5.82 Å². The van der Waals surface area contributed by atoms with E-state index in [0.717, 1.165) is 11.0 Å². The molecule has 5 nitrogen and oxygen atoms in total. The highest BCUT2D eigenvalue weighted by Crippen LogP contribution is 2.46. The van der Waals surface area contributed by atoms with Crippen LogP contribution in [0, 0.1) is 5.41 Å². The number of hydrogen-bond acceptors (Lipinski definition) is 5. The minimum Gasteiger partial charge on any atom is -0.395 e. The predicted molar refractivity (Wildman–Crippen MR) is 84.4 cm³/mol. The number of nitrogens with two attached hydrogens (primary N) is 1. The molecule has 0 radical (unpaired) electrons. The van der Waals surface area contributed by atoms with E-state index in [1.54, 1.807) is 11.8 Å². The van der Waals surface area contributed by atoms with E-state index < -0.39 is 0 Å². The van der Waals surface area contributed by atoms with Crippen molar-refractivity contribution in [3.8, 4) is 0 Å². The van der Waals surface area contributed by atoms with Crippen molar-refractivity contribution >= 4 is 11.8 Å². The van der Waals surface area contributed by atoms with Gasteiger partial charge in [-0.15, -0.1) is 10.2 Å². The summed E-state index contributed by atoms with van der Waals surface area (Å²) in [6, 6.07) is 0.490.